The van der Waals surface area contributed by atoms with Crippen molar-refractivity contribution >= 4 is 28.6 Å². The zero-order chi connectivity index (χ0) is 27.4. The summed E-state index contributed by atoms with van der Waals surface area (Å²) in [7, 11) is 1.82. The summed E-state index contributed by atoms with van der Waals surface area (Å²) in [4.78, 5) is 27.7. The molecule has 2 N–H and O–H groups in total. The van der Waals surface area contributed by atoms with Gasteiger partial charge in [0.2, 0.25) is 0 Å². The van der Waals surface area contributed by atoms with Gasteiger partial charge in [0.1, 0.15) is 0 Å². The first-order chi connectivity index (χ1) is 18.8. The lowest BCUT2D eigenvalue weighted by Crippen LogP contribution is -2.35. The van der Waals surface area contributed by atoms with Crippen molar-refractivity contribution in [3.05, 3.63) is 107 Å². The number of anilines is 3. The number of Topliss-reactive ketones (excluding diaryl/α,β-unsaturated/α-hetero) is 2. The molecule has 1 aliphatic rings. The van der Waals surface area contributed by atoms with Gasteiger partial charge < -0.3 is 15.3 Å². The molecule has 7 heteroatoms. The summed E-state index contributed by atoms with van der Waals surface area (Å²) in [5.41, 5.74) is 6.97. The number of aryl methyl sites for hydroxylation is 2. The molecule has 0 saturated carbocycles. The van der Waals surface area contributed by atoms with E-state index in [1.807, 2.05) is 86.8 Å². The Morgan fingerprint density at radius 2 is 1.38 bits per heavy atom. The lowest BCUT2D eigenvalue weighted by atomic mass is 10.0. The topological polar surface area (TPSA) is 87.5 Å². The van der Waals surface area contributed by atoms with E-state index < -0.39 is 0 Å². The monoisotopic (exact) mass is 522 g/mol. The van der Waals surface area contributed by atoms with Gasteiger partial charge in [0.05, 0.1) is 17.4 Å². The highest BCUT2D eigenvalue weighted by atomic mass is 16.3. The standard InChI is InChI=1S/C32H34N4O3/c1-22-30(21-35(2)34-22)32(39)20-24-5-11-27(12-6-24)33-26-9-3-23(4-10-26)19-31(38)25-7-13-28(14-8-25)36-17-15-29(37)16-18-36/h3-14,21,29,33,37H,15-20H2,1-2H3. The second-order valence-corrected chi connectivity index (χ2v) is 10.3. The molecule has 0 aliphatic carbocycles. The molecule has 1 aliphatic heterocycles. The van der Waals surface area contributed by atoms with Gasteiger partial charge >= 0.3 is 0 Å². The number of nitrogens with one attached hydrogen (secondary N) is 1. The second-order valence-electron chi connectivity index (χ2n) is 10.3. The van der Waals surface area contributed by atoms with Gasteiger partial charge in [0.25, 0.3) is 0 Å². The number of aromatic nitrogens is 2. The van der Waals surface area contributed by atoms with Crippen LogP contribution in [0.2, 0.25) is 0 Å². The number of hydrogen-bond donors (Lipinski definition) is 2. The van der Waals surface area contributed by atoms with Crippen molar-refractivity contribution < 1.29 is 14.7 Å². The summed E-state index contributed by atoms with van der Waals surface area (Å²) in [5.74, 6) is 0.146. The van der Waals surface area contributed by atoms with Gasteiger partial charge in [-0.1, -0.05) is 24.3 Å². The number of ketones is 2. The summed E-state index contributed by atoms with van der Waals surface area (Å²) in [5, 5.41) is 17.3. The summed E-state index contributed by atoms with van der Waals surface area (Å²) in [6.45, 7) is 3.53. The van der Waals surface area contributed by atoms with E-state index in [1.54, 1.807) is 10.9 Å². The van der Waals surface area contributed by atoms with Crippen LogP contribution in [-0.4, -0.2) is 45.6 Å². The number of carbonyl (C=O) groups excluding carboxylic acids is 2. The molecule has 200 valence electrons. The molecule has 0 unspecified atom stereocenters. The highest BCUT2D eigenvalue weighted by molar-refractivity contribution is 5.98. The maximum absolute atomic E-state index is 12.8. The zero-order valence-corrected chi connectivity index (χ0v) is 22.4. The van der Waals surface area contributed by atoms with Crippen LogP contribution in [0.1, 0.15) is 50.4 Å². The third kappa shape index (κ3) is 6.62. The molecule has 0 atom stereocenters. The Hall–Kier alpha value is -4.23. The molecule has 2 heterocycles. The van der Waals surface area contributed by atoms with Crippen LogP contribution in [0.3, 0.4) is 0 Å². The first-order valence-corrected chi connectivity index (χ1v) is 13.4. The van der Waals surface area contributed by atoms with Gasteiger partial charge in [-0.3, -0.25) is 14.3 Å². The molecule has 4 aromatic rings. The Kier molecular flexibility index (Phi) is 7.89. The van der Waals surface area contributed by atoms with Gasteiger partial charge in [-0.05, 0) is 79.4 Å². The number of hydrogen-bond acceptors (Lipinski definition) is 6. The first kappa shape index (κ1) is 26.4. The Balaban J connectivity index is 1.13. The van der Waals surface area contributed by atoms with Crippen molar-refractivity contribution in [2.45, 2.75) is 38.7 Å². The van der Waals surface area contributed by atoms with E-state index in [1.165, 1.54) is 0 Å². The van der Waals surface area contributed by atoms with Crippen molar-refractivity contribution in [2.75, 3.05) is 23.3 Å². The fourth-order valence-electron chi connectivity index (χ4n) is 5.00. The molecule has 1 aromatic heterocycles. The number of nitrogens with zero attached hydrogens (tertiary/aromatic N) is 3. The van der Waals surface area contributed by atoms with Crippen LogP contribution in [-0.2, 0) is 19.9 Å². The Labute approximate surface area is 229 Å². The van der Waals surface area contributed by atoms with Crippen LogP contribution in [0, 0.1) is 6.92 Å². The van der Waals surface area contributed by atoms with Gasteiger partial charge in [0, 0.05) is 61.8 Å². The van der Waals surface area contributed by atoms with Crippen LogP contribution in [0.15, 0.2) is 79.0 Å². The normalized spacial score (nSPS) is 13.9. The molecule has 0 bridgehead atoms. The minimum atomic E-state index is -0.200. The number of rotatable bonds is 9. The van der Waals surface area contributed by atoms with Crippen molar-refractivity contribution in [2.24, 2.45) is 7.05 Å². The minimum absolute atomic E-state index is 0.0603. The van der Waals surface area contributed by atoms with Crippen LogP contribution >= 0.6 is 0 Å². The number of aliphatic hydroxyl groups excluding tert-OH is 1. The van der Waals surface area contributed by atoms with Gasteiger partial charge in [-0.2, -0.15) is 5.10 Å². The van der Waals surface area contributed by atoms with E-state index in [9.17, 15) is 14.7 Å². The smallest absolute Gasteiger partial charge is 0.170 e. The number of piperidine rings is 1. The third-order valence-electron chi connectivity index (χ3n) is 7.26. The number of benzene rings is 3. The molecular weight excluding hydrogens is 488 g/mol. The number of carbonyl (C=O) groups is 2. The molecular formula is C32H34N4O3. The molecule has 7 nitrogen and oxygen atoms in total. The Morgan fingerprint density at radius 1 is 0.846 bits per heavy atom. The van der Waals surface area contributed by atoms with E-state index in [2.05, 4.69) is 15.3 Å². The Bertz CT molecular complexity index is 1430. The lowest BCUT2D eigenvalue weighted by Gasteiger charge is -2.31. The van der Waals surface area contributed by atoms with E-state index >= 15 is 0 Å². The van der Waals surface area contributed by atoms with Crippen molar-refractivity contribution in [1.29, 1.82) is 0 Å². The van der Waals surface area contributed by atoms with Crippen LogP contribution < -0.4 is 10.2 Å². The molecule has 0 spiro atoms. The summed E-state index contributed by atoms with van der Waals surface area (Å²) < 4.78 is 1.66. The second kappa shape index (κ2) is 11.7. The largest absolute Gasteiger partial charge is 0.393 e. The van der Waals surface area contributed by atoms with Crippen LogP contribution in [0.4, 0.5) is 17.1 Å². The minimum Gasteiger partial charge on any atom is -0.393 e. The molecule has 3 aromatic carbocycles. The quantitative estimate of drug-likeness (QED) is 0.291. The molecule has 39 heavy (non-hydrogen) atoms. The highest BCUT2D eigenvalue weighted by Gasteiger charge is 2.18. The van der Waals surface area contributed by atoms with E-state index in [4.69, 9.17) is 0 Å². The summed E-state index contributed by atoms with van der Waals surface area (Å²) in [6.07, 6.45) is 3.81. The molecule has 1 saturated heterocycles. The highest BCUT2D eigenvalue weighted by Crippen LogP contribution is 2.22. The molecule has 5 rings (SSSR count). The average molecular weight is 523 g/mol. The van der Waals surface area contributed by atoms with Crippen LogP contribution in [0.5, 0.6) is 0 Å². The lowest BCUT2D eigenvalue weighted by molar-refractivity contribution is 0.0984. The molecule has 0 radical (unpaired) electrons. The Morgan fingerprint density at radius 3 is 1.90 bits per heavy atom. The zero-order valence-electron chi connectivity index (χ0n) is 22.4. The number of aliphatic hydroxyl groups is 1. The van der Waals surface area contributed by atoms with Gasteiger partial charge in [-0.25, -0.2) is 0 Å². The average Bonchev–Trinajstić information content (AvgIpc) is 3.29. The van der Waals surface area contributed by atoms with Crippen molar-refractivity contribution in [3.63, 3.8) is 0 Å². The fraction of sp³-hybridized carbons (Fsp3) is 0.281. The van der Waals surface area contributed by atoms with E-state index in [-0.39, 0.29) is 17.7 Å². The van der Waals surface area contributed by atoms with E-state index in [0.717, 1.165) is 59.8 Å². The maximum atomic E-state index is 12.8. The van der Waals surface area contributed by atoms with Gasteiger partial charge in [-0.15, -0.1) is 0 Å². The first-order valence-electron chi connectivity index (χ1n) is 13.4. The van der Waals surface area contributed by atoms with Crippen LogP contribution in [0.25, 0.3) is 0 Å². The maximum Gasteiger partial charge on any atom is 0.170 e. The van der Waals surface area contributed by atoms with E-state index in [0.29, 0.717) is 24.0 Å². The molecule has 1 fully saturated rings. The summed E-state index contributed by atoms with van der Waals surface area (Å²) in [6, 6.07) is 23.5. The summed E-state index contributed by atoms with van der Waals surface area (Å²) >= 11 is 0. The van der Waals surface area contributed by atoms with Crippen molar-refractivity contribution in [3.8, 4) is 0 Å². The fourth-order valence-corrected chi connectivity index (χ4v) is 5.00. The predicted octanol–water partition coefficient (Wildman–Crippen LogP) is 5.28. The third-order valence-corrected chi connectivity index (χ3v) is 7.26. The SMILES string of the molecule is Cc1nn(C)cc1C(=O)Cc1ccc(Nc2ccc(CC(=O)c3ccc(N4CCC(O)CC4)cc3)cc2)cc1. The predicted molar refractivity (Wildman–Crippen MR) is 154 cm³/mol. The molecule has 0 amide bonds. The van der Waals surface area contributed by atoms with Gasteiger partial charge in [0.15, 0.2) is 11.6 Å². The van der Waals surface area contributed by atoms with Crippen molar-refractivity contribution in [1.82, 2.24) is 9.78 Å².